The van der Waals surface area contributed by atoms with Gasteiger partial charge in [0.15, 0.2) is 0 Å². The Kier molecular flexibility index (Phi) is 7.59. The molecule has 0 bridgehead atoms. The van der Waals surface area contributed by atoms with Crippen LogP contribution in [0.25, 0.3) is 6.08 Å². The summed E-state index contributed by atoms with van der Waals surface area (Å²) in [5.41, 5.74) is 1.92. The van der Waals surface area contributed by atoms with E-state index < -0.39 is 9.84 Å². The van der Waals surface area contributed by atoms with Gasteiger partial charge in [-0.15, -0.1) is 0 Å². The monoisotopic (exact) mass is 429 g/mol. The molecule has 1 aromatic carbocycles. The van der Waals surface area contributed by atoms with Gasteiger partial charge >= 0.3 is 0 Å². The fourth-order valence-corrected chi connectivity index (χ4v) is 3.67. The predicted octanol–water partition coefficient (Wildman–Crippen LogP) is 1.86. The Labute approximate surface area is 177 Å². The summed E-state index contributed by atoms with van der Waals surface area (Å²) in [6.07, 6.45) is 8.12. The quantitative estimate of drug-likeness (QED) is 0.596. The van der Waals surface area contributed by atoms with Crippen molar-refractivity contribution in [1.29, 1.82) is 0 Å². The van der Waals surface area contributed by atoms with Gasteiger partial charge in [-0.25, -0.2) is 8.42 Å². The molecule has 0 saturated carbocycles. The van der Waals surface area contributed by atoms with Crippen LogP contribution < -0.4 is 4.74 Å². The average molecular weight is 430 g/mol. The number of hydrogen-bond acceptors (Lipinski definition) is 6. The van der Waals surface area contributed by atoms with E-state index >= 15 is 0 Å². The van der Waals surface area contributed by atoms with Gasteiger partial charge in [-0.3, -0.25) is 14.7 Å². The van der Waals surface area contributed by atoms with Gasteiger partial charge in [0.25, 0.3) is 0 Å². The number of carbonyl (C=O) groups is 1. The highest BCUT2D eigenvalue weighted by Crippen LogP contribution is 2.15. The summed E-state index contributed by atoms with van der Waals surface area (Å²) in [7, 11) is -2.96. The van der Waals surface area contributed by atoms with Gasteiger partial charge in [-0.05, 0) is 29.8 Å². The first-order valence-corrected chi connectivity index (χ1v) is 11.9. The van der Waals surface area contributed by atoms with E-state index in [-0.39, 0.29) is 11.7 Å². The van der Waals surface area contributed by atoms with Crippen molar-refractivity contribution in [3.05, 3.63) is 66.0 Å². The number of benzene rings is 1. The van der Waals surface area contributed by atoms with E-state index in [4.69, 9.17) is 4.74 Å². The maximum absolute atomic E-state index is 12.4. The first-order valence-electron chi connectivity index (χ1n) is 9.88. The van der Waals surface area contributed by atoms with Gasteiger partial charge in [0, 0.05) is 63.0 Å². The standard InChI is InChI=1S/C22H27N3O4S/c1-30(27,28)16-15-24-11-13-25(14-12-24)22(26)9-6-19-4-7-21(8-5-19)29-18-20-3-2-10-23-17-20/h2-10,17H,11-16,18H2,1H3/b9-6+. The number of amides is 1. The van der Waals surface area contributed by atoms with Crippen LogP contribution >= 0.6 is 0 Å². The van der Waals surface area contributed by atoms with Crippen molar-refractivity contribution in [3.8, 4) is 5.75 Å². The Morgan fingerprint density at radius 2 is 1.87 bits per heavy atom. The van der Waals surface area contributed by atoms with Crippen LogP contribution in [0.5, 0.6) is 5.75 Å². The SMILES string of the molecule is CS(=O)(=O)CCN1CCN(C(=O)/C=C/c2ccc(OCc3cccnc3)cc2)CC1. The molecule has 1 aliphatic heterocycles. The number of piperazine rings is 1. The molecule has 7 nitrogen and oxygen atoms in total. The van der Waals surface area contributed by atoms with E-state index in [1.165, 1.54) is 6.26 Å². The molecule has 1 aliphatic rings. The van der Waals surface area contributed by atoms with Crippen molar-refractivity contribution in [2.75, 3.05) is 44.7 Å². The maximum atomic E-state index is 12.4. The molecule has 1 fully saturated rings. The summed E-state index contributed by atoms with van der Waals surface area (Å²) < 4.78 is 28.3. The van der Waals surface area contributed by atoms with Crippen LogP contribution in [0.4, 0.5) is 0 Å². The second-order valence-electron chi connectivity index (χ2n) is 7.35. The van der Waals surface area contributed by atoms with Gasteiger partial charge in [-0.1, -0.05) is 18.2 Å². The minimum atomic E-state index is -2.96. The number of hydrogen-bond donors (Lipinski definition) is 0. The smallest absolute Gasteiger partial charge is 0.246 e. The molecule has 0 atom stereocenters. The number of rotatable bonds is 8. The fraction of sp³-hybridized carbons (Fsp3) is 0.364. The fourth-order valence-electron chi connectivity index (χ4n) is 3.09. The molecule has 30 heavy (non-hydrogen) atoms. The molecular formula is C22H27N3O4S. The molecule has 2 heterocycles. The van der Waals surface area contributed by atoms with E-state index in [0.717, 1.165) is 16.9 Å². The molecule has 160 valence electrons. The zero-order valence-corrected chi connectivity index (χ0v) is 17.9. The van der Waals surface area contributed by atoms with Crippen LogP contribution in [0, 0.1) is 0 Å². The summed E-state index contributed by atoms with van der Waals surface area (Å²) in [4.78, 5) is 20.3. The van der Waals surface area contributed by atoms with Crippen molar-refractivity contribution in [3.63, 3.8) is 0 Å². The molecule has 1 aromatic heterocycles. The highest BCUT2D eigenvalue weighted by Gasteiger charge is 2.20. The minimum Gasteiger partial charge on any atom is -0.489 e. The first-order chi connectivity index (χ1) is 14.4. The molecule has 3 rings (SSSR count). The van der Waals surface area contributed by atoms with E-state index in [0.29, 0.717) is 39.3 Å². The zero-order chi connectivity index (χ0) is 21.4. The number of carbonyl (C=O) groups excluding carboxylic acids is 1. The Balaban J connectivity index is 1.43. The second-order valence-corrected chi connectivity index (χ2v) is 9.61. The van der Waals surface area contributed by atoms with Crippen LogP contribution in [0.1, 0.15) is 11.1 Å². The normalized spacial score (nSPS) is 15.4. The molecule has 2 aromatic rings. The van der Waals surface area contributed by atoms with Crippen LogP contribution in [-0.4, -0.2) is 73.8 Å². The van der Waals surface area contributed by atoms with Crippen molar-refractivity contribution >= 4 is 21.8 Å². The summed E-state index contributed by atoms with van der Waals surface area (Å²) >= 11 is 0. The third-order valence-electron chi connectivity index (χ3n) is 4.89. The second kappa shape index (κ2) is 10.4. The van der Waals surface area contributed by atoms with Crippen molar-refractivity contribution in [2.24, 2.45) is 0 Å². The topological polar surface area (TPSA) is 79.8 Å². The van der Waals surface area contributed by atoms with Gasteiger partial charge < -0.3 is 9.64 Å². The minimum absolute atomic E-state index is 0.0327. The van der Waals surface area contributed by atoms with E-state index in [9.17, 15) is 13.2 Å². The first kappa shape index (κ1) is 22.0. The zero-order valence-electron chi connectivity index (χ0n) is 17.1. The Hall–Kier alpha value is -2.71. The molecule has 8 heteroatoms. The van der Waals surface area contributed by atoms with Crippen molar-refractivity contribution in [2.45, 2.75) is 6.61 Å². The number of nitrogens with zero attached hydrogens (tertiary/aromatic N) is 3. The van der Waals surface area contributed by atoms with E-state index in [2.05, 4.69) is 9.88 Å². The molecule has 0 N–H and O–H groups in total. The predicted molar refractivity (Wildman–Crippen MR) is 117 cm³/mol. The molecule has 0 unspecified atom stereocenters. The lowest BCUT2D eigenvalue weighted by Gasteiger charge is -2.34. The lowest BCUT2D eigenvalue weighted by atomic mass is 10.2. The number of sulfone groups is 1. The third kappa shape index (κ3) is 7.27. The molecule has 0 spiro atoms. The van der Waals surface area contributed by atoms with Gasteiger partial charge in [-0.2, -0.15) is 0 Å². The number of aromatic nitrogens is 1. The van der Waals surface area contributed by atoms with Crippen LogP contribution in [-0.2, 0) is 21.2 Å². The molecule has 0 aliphatic carbocycles. The van der Waals surface area contributed by atoms with E-state index in [1.807, 2.05) is 36.4 Å². The van der Waals surface area contributed by atoms with Gasteiger partial charge in [0.05, 0.1) is 5.75 Å². The maximum Gasteiger partial charge on any atom is 0.246 e. The Bertz CT molecular complexity index is 952. The number of ether oxygens (including phenoxy) is 1. The Morgan fingerprint density at radius 3 is 2.50 bits per heavy atom. The van der Waals surface area contributed by atoms with E-state index in [1.54, 1.807) is 29.4 Å². The molecule has 1 saturated heterocycles. The van der Waals surface area contributed by atoms with Crippen LogP contribution in [0.2, 0.25) is 0 Å². The highest BCUT2D eigenvalue weighted by molar-refractivity contribution is 7.90. The molecular weight excluding hydrogens is 402 g/mol. The van der Waals surface area contributed by atoms with Crippen molar-refractivity contribution in [1.82, 2.24) is 14.8 Å². The van der Waals surface area contributed by atoms with Gasteiger partial charge in [0.2, 0.25) is 5.91 Å². The average Bonchev–Trinajstić information content (AvgIpc) is 2.76. The molecule has 1 amide bonds. The highest BCUT2D eigenvalue weighted by atomic mass is 32.2. The summed E-state index contributed by atoms with van der Waals surface area (Å²) in [6.45, 7) is 3.57. The summed E-state index contributed by atoms with van der Waals surface area (Å²) in [6, 6.07) is 11.4. The van der Waals surface area contributed by atoms with Crippen LogP contribution in [0.3, 0.4) is 0 Å². The largest absolute Gasteiger partial charge is 0.489 e. The lowest BCUT2D eigenvalue weighted by molar-refractivity contribution is -0.127. The number of pyridine rings is 1. The van der Waals surface area contributed by atoms with Crippen LogP contribution in [0.15, 0.2) is 54.9 Å². The summed E-state index contributed by atoms with van der Waals surface area (Å²) in [5, 5.41) is 0. The molecule has 0 radical (unpaired) electrons. The summed E-state index contributed by atoms with van der Waals surface area (Å²) in [5.74, 6) is 0.880. The Morgan fingerprint density at radius 1 is 1.13 bits per heavy atom. The third-order valence-corrected chi connectivity index (χ3v) is 5.81. The van der Waals surface area contributed by atoms with Gasteiger partial charge in [0.1, 0.15) is 22.2 Å². The lowest BCUT2D eigenvalue weighted by Crippen LogP contribution is -2.49. The van der Waals surface area contributed by atoms with Crippen molar-refractivity contribution < 1.29 is 17.9 Å².